The lowest BCUT2D eigenvalue weighted by Gasteiger charge is -2.15. The fourth-order valence-electron chi connectivity index (χ4n) is 3.58. The lowest BCUT2D eigenvalue weighted by Crippen LogP contribution is -2.26. The Kier molecular flexibility index (Phi) is 7.27. The maximum Gasteiger partial charge on any atom is 0.261 e. The number of rotatable bonds is 9. The third-order valence-corrected chi connectivity index (χ3v) is 5.53. The van der Waals surface area contributed by atoms with Crippen molar-refractivity contribution in [2.45, 2.75) is 13.5 Å². The van der Waals surface area contributed by atoms with E-state index in [-0.39, 0.29) is 5.56 Å². The van der Waals surface area contributed by atoms with Crippen molar-refractivity contribution in [3.05, 3.63) is 87.7 Å². The average molecular weight is 465 g/mol. The van der Waals surface area contributed by atoms with Crippen LogP contribution in [0.15, 0.2) is 71.5 Å². The second kappa shape index (κ2) is 10.5. The summed E-state index contributed by atoms with van der Waals surface area (Å²) in [6, 6.07) is 20.4. The van der Waals surface area contributed by atoms with Crippen LogP contribution in [-0.2, 0) is 11.3 Å². The molecule has 0 saturated heterocycles. The normalized spacial score (nSPS) is 11.0. The van der Waals surface area contributed by atoms with Crippen LogP contribution >= 0.6 is 11.6 Å². The van der Waals surface area contributed by atoms with Gasteiger partial charge in [0, 0.05) is 10.6 Å². The van der Waals surface area contributed by atoms with Crippen molar-refractivity contribution in [3.63, 3.8) is 0 Å². The van der Waals surface area contributed by atoms with E-state index < -0.39 is 0 Å². The molecule has 6 nitrogen and oxygen atoms in total. The highest BCUT2D eigenvalue weighted by atomic mass is 35.5. The topological polar surface area (TPSA) is 62.6 Å². The number of hydrogen-bond acceptors (Lipinski definition) is 5. The summed E-state index contributed by atoms with van der Waals surface area (Å²) in [5.74, 6) is 2.12. The van der Waals surface area contributed by atoms with E-state index in [1.807, 2.05) is 61.5 Å². The van der Waals surface area contributed by atoms with E-state index in [2.05, 4.69) is 0 Å². The van der Waals surface area contributed by atoms with E-state index in [0.717, 1.165) is 22.6 Å². The second-order valence-corrected chi connectivity index (χ2v) is 7.94. The van der Waals surface area contributed by atoms with Crippen LogP contribution < -0.4 is 15.0 Å². The molecule has 7 heteroatoms. The Balaban J connectivity index is 1.46. The molecule has 0 unspecified atom stereocenters. The Morgan fingerprint density at radius 1 is 0.970 bits per heavy atom. The number of methoxy groups -OCH3 is 1. The molecule has 0 bridgehead atoms. The number of ether oxygens (including phenoxy) is 3. The SMILES string of the molecule is COc1ccc(-c2nc3ccccc3c(=O)n2CCOCCOc2ccc(Cl)cc2C)cc1. The molecule has 33 heavy (non-hydrogen) atoms. The number of aromatic nitrogens is 2. The Hall–Kier alpha value is -3.35. The molecule has 0 aliphatic rings. The largest absolute Gasteiger partial charge is 0.497 e. The van der Waals surface area contributed by atoms with Gasteiger partial charge in [-0.15, -0.1) is 0 Å². The fourth-order valence-corrected chi connectivity index (χ4v) is 3.81. The van der Waals surface area contributed by atoms with Gasteiger partial charge >= 0.3 is 0 Å². The monoisotopic (exact) mass is 464 g/mol. The Morgan fingerprint density at radius 3 is 2.52 bits per heavy atom. The number of hydrogen-bond donors (Lipinski definition) is 0. The molecule has 0 fully saturated rings. The predicted molar refractivity (Wildman–Crippen MR) is 130 cm³/mol. The molecule has 4 aromatic rings. The summed E-state index contributed by atoms with van der Waals surface area (Å²) in [4.78, 5) is 18.0. The van der Waals surface area contributed by atoms with Gasteiger partial charge in [-0.25, -0.2) is 4.98 Å². The minimum Gasteiger partial charge on any atom is -0.497 e. The van der Waals surface area contributed by atoms with E-state index in [0.29, 0.717) is 48.1 Å². The summed E-state index contributed by atoms with van der Waals surface area (Å²) in [5.41, 5.74) is 2.38. The Bertz CT molecular complexity index is 1300. The van der Waals surface area contributed by atoms with Crippen molar-refractivity contribution in [3.8, 4) is 22.9 Å². The minimum absolute atomic E-state index is 0.0944. The summed E-state index contributed by atoms with van der Waals surface area (Å²) in [6.45, 7) is 3.47. The van der Waals surface area contributed by atoms with E-state index in [1.165, 1.54) is 0 Å². The first kappa shape index (κ1) is 22.8. The van der Waals surface area contributed by atoms with Gasteiger partial charge in [0.25, 0.3) is 5.56 Å². The zero-order chi connectivity index (χ0) is 23.2. The second-order valence-electron chi connectivity index (χ2n) is 7.51. The van der Waals surface area contributed by atoms with Crippen LogP contribution in [0.25, 0.3) is 22.3 Å². The van der Waals surface area contributed by atoms with Gasteiger partial charge in [0.15, 0.2) is 0 Å². The first-order valence-corrected chi connectivity index (χ1v) is 11.1. The van der Waals surface area contributed by atoms with Crippen molar-refractivity contribution in [2.75, 3.05) is 26.9 Å². The van der Waals surface area contributed by atoms with E-state index >= 15 is 0 Å². The smallest absolute Gasteiger partial charge is 0.261 e. The molecule has 0 spiro atoms. The van der Waals surface area contributed by atoms with Crippen molar-refractivity contribution >= 4 is 22.5 Å². The van der Waals surface area contributed by atoms with Crippen molar-refractivity contribution in [2.24, 2.45) is 0 Å². The molecule has 0 radical (unpaired) electrons. The number of halogens is 1. The maximum absolute atomic E-state index is 13.2. The van der Waals surface area contributed by atoms with Gasteiger partial charge in [-0.2, -0.15) is 0 Å². The highest BCUT2D eigenvalue weighted by molar-refractivity contribution is 6.30. The zero-order valence-electron chi connectivity index (χ0n) is 18.6. The molecule has 0 aliphatic carbocycles. The summed E-state index contributed by atoms with van der Waals surface area (Å²) in [5, 5.41) is 1.26. The first-order chi connectivity index (χ1) is 16.1. The molecule has 0 saturated carbocycles. The van der Waals surface area contributed by atoms with Crippen LogP contribution in [0.1, 0.15) is 5.56 Å². The van der Waals surface area contributed by atoms with Crippen molar-refractivity contribution in [1.29, 1.82) is 0 Å². The highest BCUT2D eigenvalue weighted by Crippen LogP contribution is 2.23. The van der Waals surface area contributed by atoms with E-state index in [4.69, 9.17) is 30.8 Å². The van der Waals surface area contributed by atoms with Gasteiger partial charge in [-0.05, 0) is 67.1 Å². The lowest BCUT2D eigenvalue weighted by atomic mass is 10.1. The average Bonchev–Trinajstić information content (AvgIpc) is 2.83. The minimum atomic E-state index is -0.0944. The molecular formula is C26H25ClN2O4. The molecule has 1 aromatic heterocycles. The molecular weight excluding hydrogens is 440 g/mol. The molecule has 4 rings (SSSR count). The van der Waals surface area contributed by atoms with Crippen LogP contribution in [0.4, 0.5) is 0 Å². The predicted octanol–water partition coefficient (Wildman–Crippen LogP) is 5.13. The Labute approximate surface area is 197 Å². The summed E-state index contributed by atoms with van der Waals surface area (Å²) < 4.78 is 18.4. The summed E-state index contributed by atoms with van der Waals surface area (Å²) in [7, 11) is 1.62. The maximum atomic E-state index is 13.2. The van der Waals surface area contributed by atoms with Gasteiger partial charge in [-0.3, -0.25) is 9.36 Å². The fraction of sp³-hybridized carbons (Fsp3) is 0.231. The first-order valence-electron chi connectivity index (χ1n) is 10.7. The molecule has 0 atom stereocenters. The highest BCUT2D eigenvalue weighted by Gasteiger charge is 2.13. The number of aryl methyl sites for hydroxylation is 1. The third kappa shape index (κ3) is 5.35. The van der Waals surface area contributed by atoms with Crippen LogP contribution in [-0.4, -0.2) is 36.5 Å². The molecule has 0 N–H and O–H groups in total. The van der Waals surface area contributed by atoms with E-state index in [9.17, 15) is 4.79 Å². The quantitative estimate of drug-likeness (QED) is 0.321. The number of fused-ring (bicyclic) bond motifs is 1. The summed E-state index contributed by atoms with van der Waals surface area (Å²) >= 11 is 5.98. The van der Waals surface area contributed by atoms with Gasteiger partial charge in [0.2, 0.25) is 0 Å². The number of para-hydroxylation sites is 1. The van der Waals surface area contributed by atoms with Crippen LogP contribution in [0.5, 0.6) is 11.5 Å². The number of benzene rings is 3. The molecule has 1 heterocycles. The van der Waals surface area contributed by atoms with Crippen LogP contribution in [0, 0.1) is 6.92 Å². The van der Waals surface area contributed by atoms with E-state index in [1.54, 1.807) is 23.8 Å². The van der Waals surface area contributed by atoms with Crippen LogP contribution in [0.2, 0.25) is 5.02 Å². The third-order valence-electron chi connectivity index (χ3n) is 5.29. The summed E-state index contributed by atoms with van der Waals surface area (Å²) in [6.07, 6.45) is 0. The Morgan fingerprint density at radius 2 is 1.76 bits per heavy atom. The van der Waals surface area contributed by atoms with Crippen molar-refractivity contribution < 1.29 is 14.2 Å². The standard InChI is InChI=1S/C26H25ClN2O4/c1-18-17-20(27)9-12-24(18)33-16-15-32-14-13-29-25(19-7-10-21(31-2)11-8-19)28-23-6-4-3-5-22(23)26(29)30/h3-12,17H,13-16H2,1-2H3. The number of nitrogens with zero attached hydrogens (tertiary/aromatic N) is 2. The molecule has 3 aromatic carbocycles. The van der Waals surface area contributed by atoms with Crippen molar-refractivity contribution in [1.82, 2.24) is 9.55 Å². The molecule has 170 valence electrons. The van der Waals surface area contributed by atoms with Gasteiger partial charge in [-0.1, -0.05) is 23.7 Å². The van der Waals surface area contributed by atoms with Gasteiger partial charge in [0.1, 0.15) is 23.9 Å². The van der Waals surface area contributed by atoms with Crippen LogP contribution in [0.3, 0.4) is 0 Å². The molecule has 0 amide bonds. The van der Waals surface area contributed by atoms with Gasteiger partial charge < -0.3 is 14.2 Å². The molecule has 0 aliphatic heterocycles. The lowest BCUT2D eigenvalue weighted by molar-refractivity contribution is 0.0938. The zero-order valence-corrected chi connectivity index (χ0v) is 19.3. The van der Waals surface area contributed by atoms with Gasteiger partial charge in [0.05, 0.1) is 37.8 Å².